The van der Waals surface area contributed by atoms with Gasteiger partial charge in [-0.25, -0.2) is 4.79 Å². The van der Waals surface area contributed by atoms with Crippen LogP contribution in [-0.4, -0.2) is 50.8 Å². The van der Waals surface area contributed by atoms with Crippen LogP contribution in [0.2, 0.25) is 0 Å². The van der Waals surface area contributed by atoms with E-state index in [-0.39, 0.29) is 24.3 Å². The van der Waals surface area contributed by atoms with Crippen LogP contribution in [0.15, 0.2) is 0 Å². The summed E-state index contributed by atoms with van der Waals surface area (Å²) >= 11 is 0. The molecule has 0 bridgehead atoms. The third kappa shape index (κ3) is 2.17. The van der Waals surface area contributed by atoms with E-state index in [0.29, 0.717) is 0 Å². The zero-order valence-corrected chi connectivity index (χ0v) is 13.0. The van der Waals surface area contributed by atoms with E-state index in [0.717, 1.165) is 0 Å². The van der Waals surface area contributed by atoms with E-state index in [1.165, 1.54) is 4.90 Å². The highest BCUT2D eigenvalue weighted by Gasteiger charge is 2.55. The number of fused-ring (bicyclic) bond motifs is 1. The van der Waals surface area contributed by atoms with Gasteiger partial charge < -0.3 is 10.2 Å². The maximum Gasteiger partial charge on any atom is 0.318 e. The highest BCUT2D eigenvalue weighted by atomic mass is 16.2. The summed E-state index contributed by atoms with van der Waals surface area (Å²) in [5.41, 5.74) is -1.04. The summed E-state index contributed by atoms with van der Waals surface area (Å²) in [6.45, 7) is 11.2. The first-order valence-corrected chi connectivity index (χ1v) is 6.91. The van der Waals surface area contributed by atoms with E-state index in [4.69, 9.17) is 0 Å². The fourth-order valence-electron chi connectivity index (χ4n) is 3.02. The largest absolute Gasteiger partial charge is 0.332 e. The van der Waals surface area contributed by atoms with Gasteiger partial charge in [-0.15, -0.1) is 0 Å². The Kier molecular flexibility index (Phi) is 3.11. The molecule has 0 aromatic carbocycles. The van der Waals surface area contributed by atoms with Gasteiger partial charge in [0.15, 0.2) is 0 Å². The van der Waals surface area contributed by atoms with E-state index in [9.17, 15) is 14.4 Å². The molecule has 2 fully saturated rings. The van der Waals surface area contributed by atoms with Crippen molar-refractivity contribution in [2.45, 2.75) is 71.1 Å². The average Bonchev–Trinajstić information content (AvgIpc) is 2.51. The average molecular weight is 281 g/mol. The van der Waals surface area contributed by atoms with Crippen LogP contribution < -0.4 is 5.32 Å². The van der Waals surface area contributed by atoms with Crippen molar-refractivity contribution in [2.75, 3.05) is 0 Å². The molecule has 0 saturated carbocycles. The van der Waals surface area contributed by atoms with Gasteiger partial charge in [-0.3, -0.25) is 14.5 Å². The normalized spacial score (nSPS) is 27.8. The lowest BCUT2D eigenvalue weighted by Gasteiger charge is -2.44. The topological polar surface area (TPSA) is 69.7 Å². The van der Waals surface area contributed by atoms with Gasteiger partial charge in [0.25, 0.3) is 5.91 Å². The quantitative estimate of drug-likeness (QED) is 0.676. The van der Waals surface area contributed by atoms with E-state index in [2.05, 4.69) is 5.32 Å². The van der Waals surface area contributed by atoms with E-state index in [1.54, 1.807) is 4.90 Å². The molecule has 2 saturated heterocycles. The van der Waals surface area contributed by atoms with Crippen LogP contribution in [0.25, 0.3) is 0 Å². The van der Waals surface area contributed by atoms with Crippen molar-refractivity contribution in [1.82, 2.24) is 15.1 Å². The summed E-state index contributed by atoms with van der Waals surface area (Å²) in [5.74, 6) is -0.508. The molecule has 6 heteroatoms. The molecule has 6 nitrogen and oxygen atoms in total. The maximum absolute atomic E-state index is 12.7. The molecule has 0 spiro atoms. The molecular weight excluding hydrogens is 258 g/mol. The van der Waals surface area contributed by atoms with Gasteiger partial charge in [-0.05, 0) is 41.5 Å². The highest BCUT2D eigenvalue weighted by Crippen LogP contribution is 2.33. The molecule has 1 N–H and O–H groups in total. The molecule has 0 aliphatic carbocycles. The Labute approximate surface area is 119 Å². The summed E-state index contributed by atoms with van der Waals surface area (Å²) in [6, 6.07) is -1.29. The smallest absolute Gasteiger partial charge is 0.318 e. The van der Waals surface area contributed by atoms with E-state index in [1.807, 2.05) is 41.5 Å². The fraction of sp³-hybridized carbons (Fsp3) is 0.786. The minimum atomic E-state index is -0.598. The van der Waals surface area contributed by atoms with Crippen LogP contribution in [0.1, 0.15) is 48.0 Å². The number of nitrogens with one attached hydrogen (secondary N) is 1. The lowest BCUT2D eigenvalue weighted by molar-refractivity contribution is -0.159. The number of carbonyl (C=O) groups excluding carboxylic acids is 3. The molecule has 2 atom stereocenters. The molecule has 2 unspecified atom stereocenters. The van der Waals surface area contributed by atoms with Crippen LogP contribution in [0.3, 0.4) is 0 Å². The monoisotopic (exact) mass is 281 g/mol. The number of likely N-dealkylation sites (tertiary alicyclic amines) is 1. The summed E-state index contributed by atoms with van der Waals surface area (Å²) < 4.78 is 0. The number of imide groups is 1. The Morgan fingerprint density at radius 2 is 1.55 bits per heavy atom. The van der Waals surface area contributed by atoms with Gasteiger partial charge in [0.1, 0.15) is 6.04 Å². The minimum absolute atomic E-state index is 0.173. The number of amides is 4. The second-order valence-electron chi connectivity index (χ2n) is 7.48. The van der Waals surface area contributed by atoms with Gasteiger partial charge in [-0.1, -0.05) is 0 Å². The lowest BCUT2D eigenvalue weighted by atomic mass is 9.91. The summed E-state index contributed by atoms with van der Waals surface area (Å²) in [4.78, 5) is 39.9. The Balaban J connectivity index is 2.42. The minimum Gasteiger partial charge on any atom is -0.332 e. The number of hydrogen-bond acceptors (Lipinski definition) is 3. The van der Waals surface area contributed by atoms with Crippen molar-refractivity contribution >= 4 is 17.8 Å². The molecule has 2 heterocycles. The van der Waals surface area contributed by atoms with Crippen LogP contribution in [-0.2, 0) is 9.59 Å². The van der Waals surface area contributed by atoms with Crippen LogP contribution in [0, 0.1) is 0 Å². The molecular formula is C14H23N3O3. The number of hydrogen-bond donors (Lipinski definition) is 1. The molecule has 2 aliphatic heterocycles. The van der Waals surface area contributed by atoms with Crippen molar-refractivity contribution in [3.05, 3.63) is 0 Å². The molecule has 4 amide bonds. The fourth-order valence-corrected chi connectivity index (χ4v) is 3.02. The first kappa shape index (κ1) is 14.8. The molecule has 20 heavy (non-hydrogen) atoms. The number of rotatable bonds is 0. The summed E-state index contributed by atoms with van der Waals surface area (Å²) in [6.07, 6.45) is 0.173. The van der Waals surface area contributed by atoms with Crippen LogP contribution in [0.4, 0.5) is 4.79 Å². The van der Waals surface area contributed by atoms with Gasteiger partial charge >= 0.3 is 6.03 Å². The molecule has 0 aromatic heterocycles. The van der Waals surface area contributed by atoms with E-state index >= 15 is 0 Å². The van der Waals surface area contributed by atoms with Crippen LogP contribution >= 0.6 is 0 Å². The molecule has 112 valence electrons. The molecule has 2 rings (SSSR count). The predicted octanol–water partition coefficient (Wildman–Crippen LogP) is 1.10. The first-order valence-electron chi connectivity index (χ1n) is 6.91. The Bertz CT molecular complexity index is 473. The highest BCUT2D eigenvalue weighted by molar-refractivity contribution is 6.05. The third-order valence-electron chi connectivity index (χ3n) is 3.70. The van der Waals surface area contributed by atoms with Crippen molar-refractivity contribution in [2.24, 2.45) is 0 Å². The Hall–Kier alpha value is -1.59. The zero-order valence-electron chi connectivity index (χ0n) is 13.0. The standard InChI is InChI=1S/C14H23N3O3/c1-13(2,3)16-9(18)7-8-10(11(16)19)17(12(20)15-8)14(4,5)6/h8,10H,7H2,1-6H3,(H,15,20). The SMILES string of the molecule is CC(C)(C)N1C(=O)CC2NC(=O)N(C(C)(C)C)C2C1=O. The molecule has 0 aromatic rings. The Morgan fingerprint density at radius 3 is 2.00 bits per heavy atom. The van der Waals surface area contributed by atoms with Gasteiger partial charge in [0.05, 0.1) is 12.5 Å². The maximum atomic E-state index is 12.7. The number of urea groups is 1. The molecule has 2 aliphatic rings. The van der Waals surface area contributed by atoms with E-state index < -0.39 is 23.2 Å². The third-order valence-corrected chi connectivity index (χ3v) is 3.70. The Morgan fingerprint density at radius 1 is 1.00 bits per heavy atom. The van der Waals surface area contributed by atoms with Crippen molar-refractivity contribution in [1.29, 1.82) is 0 Å². The lowest BCUT2D eigenvalue weighted by Crippen LogP contribution is -2.64. The summed E-state index contributed by atoms with van der Waals surface area (Å²) in [5, 5.41) is 2.76. The summed E-state index contributed by atoms with van der Waals surface area (Å²) in [7, 11) is 0. The number of carbonyl (C=O) groups is 3. The number of nitrogens with zero attached hydrogens (tertiary/aromatic N) is 2. The first-order chi connectivity index (χ1) is 8.94. The number of piperidine rings is 1. The van der Waals surface area contributed by atoms with Gasteiger partial charge in [-0.2, -0.15) is 0 Å². The van der Waals surface area contributed by atoms with Gasteiger partial charge in [0.2, 0.25) is 5.91 Å². The van der Waals surface area contributed by atoms with Crippen molar-refractivity contribution < 1.29 is 14.4 Å². The molecule has 0 radical (unpaired) electrons. The van der Waals surface area contributed by atoms with Crippen molar-refractivity contribution in [3.63, 3.8) is 0 Å². The zero-order chi connectivity index (χ0) is 15.5. The second kappa shape index (κ2) is 4.20. The van der Waals surface area contributed by atoms with Crippen LogP contribution in [0.5, 0.6) is 0 Å². The predicted molar refractivity (Wildman–Crippen MR) is 73.9 cm³/mol. The van der Waals surface area contributed by atoms with Crippen molar-refractivity contribution in [3.8, 4) is 0 Å². The van der Waals surface area contributed by atoms with Gasteiger partial charge in [0, 0.05) is 11.1 Å². The second-order valence-corrected chi connectivity index (χ2v) is 7.48.